The molecule has 0 aromatic heterocycles. The van der Waals surface area contributed by atoms with Gasteiger partial charge in [0.25, 0.3) is 0 Å². The van der Waals surface area contributed by atoms with E-state index >= 15 is 0 Å². The van der Waals surface area contributed by atoms with Gasteiger partial charge in [0.15, 0.2) is 0 Å². The van der Waals surface area contributed by atoms with Crippen molar-refractivity contribution in [1.29, 1.82) is 0 Å². The van der Waals surface area contributed by atoms with Crippen molar-refractivity contribution in [3.05, 3.63) is 60.7 Å². The molecule has 2 nitrogen and oxygen atoms in total. The molecule has 2 N–H and O–H groups in total. The highest BCUT2D eigenvalue weighted by Crippen LogP contribution is 2.22. The number of aliphatic imine (C=N–C) groups is 1. The van der Waals surface area contributed by atoms with Gasteiger partial charge in [-0.05, 0) is 23.8 Å². The second-order valence-corrected chi connectivity index (χ2v) is 3.30. The van der Waals surface area contributed by atoms with Crippen LogP contribution in [0.2, 0.25) is 0 Å². The summed E-state index contributed by atoms with van der Waals surface area (Å²) in [5.74, 6) is 0. The van der Waals surface area contributed by atoms with E-state index in [1.165, 1.54) is 0 Å². The highest BCUT2D eigenvalue weighted by atomic mass is 14.8. The molecule has 1 aliphatic rings. The number of benzene rings is 1. The van der Waals surface area contributed by atoms with E-state index in [4.69, 9.17) is 5.73 Å². The average Bonchev–Trinajstić information content (AvgIpc) is 2.24. The van der Waals surface area contributed by atoms with E-state index in [-0.39, 0.29) is 0 Å². The Kier molecular flexibility index (Phi) is 2.50. The first-order valence-corrected chi connectivity index (χ1v) is 4.74. The molecule has 0 heterocycles. The number of allylic oxidation sites excluding steroid dienone is 5. The Morgan fingerprint density at radius 2 is 1.80 bits per heavy atom. The summed E-state index contributed by atoms with van der Waals surface area (Å²) in [7, 11) is 0. The van der Waals surface area contributed by atoms with Crippen LogP contribution < -0.4 is 5.73 Å². The van der Waals surface area contributed by atoms with Crippen molar-refractivity contribution < 1.29 is 0 Å². The first kappa shape index (κ1) is 9.46. The maximum absolute atomic E-state index is 5.80. The lowest BCUT2D eigenvalue weighted by molar-refractivity contribution is 1.50. The van der Waals surface area contributed by atoms with Crippen LogP contribution in [0.15, 0.2) is 65.7 Å². The summed E-state index contributed by atoms with van der Waals surface area (Å²) in [5.41, 5.74) is 9.03. The molecule has 15 heavy (non-hydrogen) atoms. The third-order valence-corrected chi connectivity index (χ3v) is 2.17. The minimum atomic E-state index is 0.681. The minimum Gasteiger partial charge on any atom is -0.397 e. The fourth-order valence-electron chi connectivity index (χ4n) is 1.34. The largest absolute Gasteiger partial charge is 0.397 e. The molecule has 0 saturated carbocycles. The first-order valence-electron chi connectivity index (χ1n) is 4.74. The van der Waals surface area contributed by atoms with Crippen LogP contribution in [0.1, 0.15) is 0 Å². The third-order valence-electron chi connectivity index (χ3n) is 2.17. The summed E-state index contributed by atoms with van der Waals surface area (Å²) in [6.07, 6.45) is 7.73. The standard InChI is InChI=1S/C13H12N2/c1-10-6-2-4-8-12(10)15-13-9-5-3-7-11(13)14/h2-9H,1,14H2. The van der Waals surface area contributed by atoms with Gasteiger partial charge >= 0.3 is 0 Å². The number of para-hydroxylation sites is 2. The molecule has 0 amide bonds. The molecular formula is C13H12N2. The fourth-order valence-corrected chi connectivity index (χ4v) is 1.34. The van der Waals surface area contributed by atoms with Crippen molar-refractivity contribution in [2.24, 2.45) is 4.99 Å². The van der Waals surface area contributed by atoms with Crippen LogP contribution in [0.5, 0.6) is 0 Å². The molecule has 0 radical (unpaired) electrons. The van der Waals surface area contributed by atoms with Gasteiger partial charge in [0.2, 0.25) is 0 Å². The van der Waals surface area contributed by atoms with Gasteiger partial charge in [0.05, 0.1) is 17.1 Å². The van der Waals surface area contributed by atoms with E-state index in [1.54, 1.807) is 0 Å². The molecule has 0 atom stereocenters. The highest BCUT2D eigenvalue weighted by Gasteiger charge is 2.02. The lowest BCUT2D eigenvalue weighted by Crippen LogP contribution is -1.98. The Labute approximate surface area is 89.1 Å². The molecule has 1 aromatic carbocycles. The van der Waals surface area contributed by atoms with E-state index in [2.05, 4.69) is 11.6 Å². The van der Waals surface area contributed by atoms with Crippen molar-refractivity contribution >= 4 is 17.1 Å². The van der Waals surface area contributed by atoms with Gasteiger partial charge in [-0.15, -0.1) is 0 Å². The summed E-state index contributed by atoms with van der Waals surface area (Å²) in [4.78, 5) is 4.45. The van der Waals surface area contributed by atoms with E-state index in [0.717, 1.165) is 17.0 Å². The van der Waals surface area contributed by atoms with E-state index in [1.807, 2.05) is 48.6 Å². The quantitative estimate of drug-likeness (QED) is 0.689. The number of rotatable bonds is 1. The lowest BCUT2D eigenvalue weighted by Gasteiger charge is -2.05. The molecule has 0 unspecified atom stereocenters. The van der Waals surface area contributed by atoms with Gasteiger partial charge in [0, 0.05) is 0 Å². The Hall–Kier alpha value is -2.09. The number of nitrogen functional groups attached to an aromatic ring is 1. The molecule has 0 bridgehead atoms. The second kappa shape index (κ2) is 3.96. The van der Waals surface area contributed by atoms with Crippen molar-refractivity contribution in [1.82, 2.24) is 0 Å². The van der Waals surface area contributed by atoms with Crippen molar-refractivity contribution in [2.75, 3.05) is 5.73 Å². The van der Waals surface area contributed by atoms with Crippen molar-refractivity contribution in [3.8, 4) is 0 Å². The zero-order valence-electron chi connectivity index (χ0n) is 8.35. The molecule has 2 rings (SSSR count). The molecular weight excluding hydrogens is 184 g/mol. The van der Waals surface area contributed by atoms with Gasteiger partial charge < -0.3 is 5.73 Å². The number of anilines is 1. The van der Waals surface area contributed by atoms with E-state index in [0.29, 0.717) is 5.69 Å². The van der Waals surface area contributed by atoms with Gasteiger partial charge in [-0.3, -0.25) is 0 Å². The van der Waals surface area contributed by atoms with Crippen LogP contribution in [0.3, 0.4) is 0 Å². The number of hydrogen-bond acceptors (Lipinski definition) is 2. The van der Waals surface area contributed by atoms with Crippen LogP contribution >= 0.6 is 0 Å². The molecule has 2 heteroatoms. The number of nitrogens with two attached hydrogens (primary N) is 1. The summed E-state index contributed by atoms with van der Waals surface area (Å²) in [6, 6.07) is 7.54. The Balaban J connectivity index is 2.39. The predicted molar refractivity (Wildman–Crippen MR) is 65.4 cm³/mol. The molecule has 1 aromatic rings. The minimum absolute atomic E-state index is 0.681. The molecule has 0 saturated heterocycles. The Bertz CT molecular complexity index is 479. The molecule has 74 valence electrons. The topological polar surface area (TPSA) is 38.4 Å². The number of nitrogens with zero attached hydrogens (tertiary/aromatic N) is 1. The maximum atomic E-state index is 5.80. The van der Waals surface area contributed by atoms with Crippen molar-refractivity contribution in [3.63, 3.8) is 0 Å². The van der Waals surface area contributed by atoms with Crippen LogP contribution in [0, 0.1) is 0 Å². The summed E-state index contributed by atoms with van der Waals surface area (Å²) < 4.78 is 0. The zero-order valence-corrected chi connectivity index (χ0v) is 8.35. The predicted octanol–water partition coefficient (Wildman–Crippen LogP) is 3.02. The van der Waals surface area contributed by atoms with Crippen LogP contribution in [-0.4, -0.2) is 5.71 Å². The van der Waals surface area contributed by atoms with Crippen LogP contribution in [0.25, 0.3) is 0 Å². The SMILES string of the molecule is C=C1C=CC=CC1=Nc1ccccc1N. The summed E-state index contributed by atoms with van der Waals surface area (Å²) in [5, 5.41) is 0. The molecule has 0 aliphatic heterocycles. The zero-order chi connectivity index (χ0) is 10.7. The maximum Gasteiger partial charge on any atom is 0.0866 e. The monoisotopic (exact) mass is 196 g/mol. The van der Waals surface area contributed by atoms with Gasteiger partial charge in [-0.1, -0.05) is 36.9 Å². The van der Waals surface area contributed by atoms with Gasteiger partial charge in [-0.2, -0.15) is 0 Å². The Morgan fingerprint density at radius 3 is 2.53 bits per heavy atom. The smallest absolute Gasteiger partial charge is 0.0866 e. The molecule has 0 fully saturated rings. The Morgan fingerprint density at radius 1 is 1.07 bits per heavy atom. The van der Waals surface area contributed by atoms with Crippen LogP contribution in [-0.2, 0) is 0 Å². The average molecular weight is 196 g/mol. The van der Waals surface area contributed by atoms with Gasteiger partial charge in [-0.25, -0.2) is 4.99 Å². The fraction of sp³-hybridized carbons (Fsp3) is 0. The van der Waals surface area contributed by atoms with E-state index in [9.17, 15) is 0 Å². The molecule has 0 spiro atoms. The van der Waals surface area contributed by atoms with Crippen molar-refractivity contribution in [2.45, 2.75) is 0 Å². The van der Waals surface area contributed by atoms with Gasteiger partial charge in [0.1, 0.15) is 0 Å². The highest BCUT2D eigenvalue weighted by molar-refractivity contribution is 6.12. The third kappa shape index (κ3) is 2.05. The normalized spacial score (nSPS) is 17.3. The second-order valence-electron chi connectivity index (χ2n) is 3.30. The van der Waals surface area contributed by atoms with Crippen LogP contribution in [0.4, 0.5) is 11.4 Å². The lowest BCUT2D eigenvalue weighted by atomic mass is 10.1. The first-order chi connectivity index (χ1) is 7.27. The van der Waals surface area contributed by atoms with E-state index < -0.39 is 0 Å². The molecule has 1 aliphatic carbocycles. The number of hydrogen-bond donors (Lipinski definition) is 1. The summed E-state index contributed by atoms with van der Waals surface area (Å²) >= 11 is 0. The summed E-state index contributed by atoms with van der Waals surface area (Å²) in [6.45, 7) is 3.91.